The molecule has 0 aliphatic heterocycles. The molecule has 20 heavy (non-hydrogen) atoms. The predicted octanol–water partition coefficient (Wildman–Crippen LogP) is 2.85. The number of carboxylic acid groups (broad SMARTS) is 1. The largest absolute Gasteiger partial charge is 0.481 e. The topological polar surface area (TPSA) is 66.4 Å². The Morgan fingerprint density at radius 3 is 2.45 bits per heavy atom. The monoisotopic (exact) mass is 299 g/mol. The fraction of sp³-hybridized carbons (Fsp3) is 0.429. The summed E-state index contributed by atoms with van der Waals surface area (Å²) in [5.74, 6) is -2.35. The van der Waals surface area contributed by atoms with Gasteiger partial charge in [-0.2, -0.15) is 0 Å². The highest BCUT2D eigenvalue weighted by molar-refractivity contribution is 6.33. The number of aliphatic carboxylic acids is 1. The minimum absolute atomic E-state index is 0.0710. The van der Waals surface area contributed by atoms with Gasteiger partial charge < -0.3 is 10.4 Å². The lowest BCUT2D eigenvalue weighted by atomic mass is 9.86. The number of nitrogens with one attached hydrogen (secondary N) is 1. The number of hydrogen-bond acceptors (Lipinski definition) is 2. The maximum atomic E-state index is 13.6. The molecule has 108 valence electrons. The Bertz CT molecular complexity index is 507. The van der Waals surface area contributed by atoms with Gasteiger partial charge in [0.1, 0.15) is 5.82 Å². The van der Waals surface area contributed by atoms with Gasteiger partial charge in [0.15, 0.2) is 0 Å². The second-order valence-corrected chi connectivity index (χ2v) is 5.36. The molecule has 0 spiro atoms. The van der Waals surface area contributed by atoms with Crippen molar-refractivity contribution in [1.82, 2.24) is 5.32 Å². The maximum absolute atomic E-state index is 13.6. The summed E-state index contributed by atoms with van der Waals surface area (Å²) in [7, 11) is 0. The third-order valence-corrected chi connectivity index (χ3v) is 3.92. The lowest BCUT2D eigenvalue weighted by Crippen LogP contribution is -2.39. The van der Waals surface area contributed by atoms with Gasteiger partial charge in [-0.1, -0.05) is 17.7 Å². The van der Waals surface area contributed by atoms with Gasteiger partial charge in [-0.3, -0.25) is 9.59 Å². The first-order valence-corrected chi connectivity index (χ1v) is 6.84. The molecular formula is C14H15ClFNO3. The molecule has 1 aliphatic carbocycles. The number of carboxylic acids is 1. The number of amides is 1. The van der Waals surface area contributed by atoms with E-state index in [1.54, 1.807) is 0 Å². The van der Waals surface area contributed by atoms with E-state index in [9.17, 15) is 14.0 Å². The highest BCUT2D eigenvalue weighted by Gasteiger charge is 2.27. The molecular weight excluding hydrogens is 285 g/mol. The first kappa shape index (κ1) is 14.8. The molecule has 1 aromatic rings. The summed E-state index contributed by atoms with van der Waals surface area (Å²) in [6.45, 7) is 0. The highest BCUT2D eigenvalue weighted by atomic mass is 35.5. The van der Waals surface area contributed by atoms with Crippen LogP contribution >= 0.6 is 11.6 Å². The normalized spacial score (nSPS) is 22.3. The Kier molecular flexibility index (Phi) is 4.60. The van der Waals surface area contributed by atoms with E-state index < -0.39 is 17.7 Å². The minimum Gasteiger partial charge on any atom is -0.481 e. The van der Waals surface area contributed by atoms with Crippen molar-refractivity contribution in [2.45, 2.75) is 31.7 Å². The first-order valence-electron chi connectivity index (χ1n) is 6.46. The summed E-state index contributed by atoms with van der Waals surface area (Å²) in [5, 5.41) is 11.7. The van der Waals surface area contributed by atoms with Crippen molar-refractivity contribution in [3.05, 3.63) is 34.6 Å². The van der Waals surface area contributed by atoms with Crippen molar-refractivity contribution < 1.29 is 19.1 Å². The van der Waals surface area contributed by atoms with Gasteiger partial charge in [0.25, 0.3) is 5.91 Å². The molecule has 0 unspecified atom stereocenters. The summed E-state index contributed by atoms with van der Waals surface area (Å²) in [6.07, 6.45) is 2.19. The Balaban J connectivity index is 1.98. The molecule has 0 aromatic heterocycles. The Morgan fingerprint density at radius 1 is 1.25 bits per heavy atom. The summed E-state index contributed by atoms with van der Waals surface area (Å²) >= 11 is 5.83. The standard InChI is InChI=1S/C14H15ClFNO3/c15-10-2-1-3-11(16)12(10)13(18)17-9-6-4-8(5-7-9)14(19)20/h1-3,8-9H,4-7H2,(H,17,18)(H,19,20). The Hall–Kier alpha value is -1.62. The molecule has 1 amide bonds. The van der Waals surface area contributed by atoms with Crippen LogP contribution in [0.1, 0.15) is 36.0 Å². The van der Waals surface area contributed by atoms with Crippen molar-refractivity contribution in [1.29, 1.82) is 0 Å². The zero-order chi connectivity index (χ0) is 14.7. The van der Waals surface area contributed by atoms with Crippen LogP contribution in [0, 0.1) is 11.7 Å². The number of carbonyl (C=O) groups is 2. The van der Waals surface area contributed by atoms with Crippen molar-refractivity contribution in [2.24, 2.45) is 5.92 Å². The number of benzene rings is 1. The third kappa shape index (κ3) is 3.28. The molecule has 1 fully saturated rings. The van der Waals surface area contributed by atoms with Gasteiger partial charge in [0.2, 0.25) is 0 Å². The Morgan fingerprint density at radius 2 is 1.90 bits per heavy atom. The van der Waals surface area contributed by atoms with E-state index in [2.05, 4.69) is 5.32 Å². The lowest BCUT2D eigenvalue weighted by molar-refractivity contribution is -0.142. The van der Waals surface area contributed by atoms with Crippen LogP contribution in [0.2, 0.25) is 5.02 Å². The Labute approximate surface area is 120 Å². The molecule has 4 nitrogen and oxygen atoms in total. The van der Waals surface area contributed by atoms with Gasteiger partial charge in [0, 0.05) is 6.04 Å². The van der Waals surface area contributed by atoms with E-state index >= 15 is 0 Å². The smallest absolute Gasteiger partial charge is 0.306 e. The summed E-state index contributed by atoms with van der Waals surface area (Å²) in [4.78, 5) is 22.9. The summed E-state index contributed by atoms with van der Waals surface area (Å²) in [6, 6.07) is 3.95. The van der Waals surface area contributed by atoms with E-state index in [1.165, 1.54) is 18.2 Å². The van der Waals surface area contributed by atoms with Crippen molar-refractivity contribution in [2.75, 3.05) is 0 Å². The van der Waals surface area contributed by atoms with Crippen LogP contribution < -0.4 is 5.32 Å². The third-order valence-electron chi connectivity index (χ3n) is 3.60. The van der Waals surface area contributed by atoms with E-state index in [-0.39, 0.29) is 22.5 Å². The van der Waals surface area contributed by atoms with Crippen LogP contribution in [-0.2, 0) is 4.79 Å². The van der Waals surface area contributed by atoms with E-state index in [1.807, 2.05) is 0 Å². The zero-order valence-corrected chi connectivity index (χ0v) is 11.5. The van der Waals surface area contributed by atoms with Crippen molar-refractivity contribution in [3.8, 4) is 0 Å². The molecule has 0 bridgehead atoms. The molecule has 0 atom stereocenters. The average Bonchev–Trinajstić information content (AvgIpc) is 2.39. The van der Waals surface area contributed by atoms with E-state index in [4.69, 9.17) is 16.7 Å². The molecule has 2 N–H and O–H groups in total. The maximum Gasteiger partial charge on any atom is 0.306 e. The van der Waals surface area contributed by atoms with E-state index in [0.717, 1.165) is 0 Å². The summed E-state index contributed by atoms with van der Waals surface area (Å²) in [5.41, 5.74) is -0.158. The van der Waals surface area contributed by atoms with Gasteiger partial charge in [-0.05, 0) is 37.8 Å². The van der Waals surface area contributed by atoms with Gasteiger partial charge in [-0.25, -0.2) is 4.39 Å². The highest BCUT2D eigenvalue weighted by Crippen LogP contribution is 2.25. The molecule has 6 heteroatoms. The van der Waals surface area contributed by atoms with Crippen molar-refractivity contribution in [3.63, 3.8) is 0 Å². The number of rotatable bonds is 3. The lowest BCUT2D eigenvalue weighted by Gasteiger charge is -2.27. The second-order valence-electron chi connectivity index (χ2n) is 4.96. The quantitative estimate of drug-likeness (QED) is 0.902. The first-order chi connectivity index (χ1) is 9.49. The van der Waals surface area contributed by atoms with Gasteiger partial charge in [0.05, 0.1) is 16.5 Å². The van der Waals surface area contributed by atoms with Crippen LogP contribution in [0.15, 0.2) is 18.2 Å². The van der Waals surface area contributed by atoms with Crippen LogP contribution in [0.3, 0.4) is 0 Å². The minimum atomic E-state index is -0.799. The molecule has 1 aromatic carbocycles. The molecule has 1 saturated carbocycles. The summed E-state index contributed by atoms with van der Waals surface area (Å²) < 4.78 is 13.6. The average molecular weight is 300 g/mol. The fourth-order valence-electron chi connectivity index (χ4n) is 2.46. The van der Waals surface area contributed by atoms with Crippen LogP contribution in [-0.4, -0.2) is 23.0 Å². The van der Waals surface area contributed by atoms with Crippen LogP contribution in [0.4, 0.5) is 4.39 Å². The number of hydrogen-bond donors (Lipinski definition) is 2. The van der Waals surface area contributed by atoms with Gasteiger partial charge in [-0.15, -0.1) is 0 Å². The zero-order valence-electron chi connectivity index (χ0n) is 10.7. The fourth-order valence-corrected chi connectivity index (χ4v) is 2.71. The van der Waals surface area contributed by atoms with E-state index in [0.29, 0.717) is 25.7 Å². The predicted molar refractivity (Wildman–Crippen MR) is 72.3 cm³/mol. The van der Waals surface area contributed by atoms with Crippen LogP contribution in [0.5, 0.6) is 0 Å². The molecule has 2 rings (SSSR count). The van der Waals surface area contributed by atoms with Gasteiger partial charge >= 0.3 is 5.97 Å². The number of halogens is 2. The van der Waals surface area contributed by atoms with Crippen molar-refractivity contribution >= 4 is 23.5 Å². The molecule has 1 aliphatic rings. The second kappa shape index (κ2) is 6.22. The molecule has 0 heterocycles. The molecule has 0 saturated heterocycles. The van der Waals surface area contributed by atoms with Crippen LogP contribution in [0.25, 0.3) is 0 Å². The number of carbonyl (C=O) groups excluding carboxylic acids is 1. The molecule has 0 radical (unpaired) electrons. The SMILES string of the molecule is O=C(NC1CCC(C(=O)O)CC1)c1c(F)cccc1Cl.